The lowest BCUT2D eigenvalue weighted by Crippen LogP contribution is -2.40. The molecule has 2 nitrogen and oxygen atoms in total. The van der Waals surface area contributed by atoms with Gasteiger partial charge in [0.15, 0.2) is 0 Å². The normalized spacial score (nSPS) is 26.7. The molecule has 2 aliphatic rings. The largest absolute Gasteiger partial charge is 0.416 e. The van der Waals surface area contributed by atoms with Crippen LogP contribution in [-0.4, -0.2) is 25.7 Å². The van der Waals surface area contributed by atoms with E-state index in [0.29, 0.717) is 31.1 Å². The van der Waals surface area contributed by atoms with Crippen LogP contribution >= 0.6 is 0 Å². The maximum atomic E-state index is 13.9. The highest BCUT2D eigenvalue weighted by Gasteiger charge is 2.36. The first-order chi connectivity index (χ1) is 9.45. The van der Waals surface area contributed by atoms with Crippen LogP contribution in [0.5, 0.6) is 0 Å². The SMILES string of the molecule is Fc1cc(C(F)(F)F)ccc1N1C[C@@H]2CCCN[C@@H]2C1. The van der Waals surface area contributed by atoms with E-state index in [1.165, 1.54) is 6.07 Å². The van der Waals surface area contributed by atoms with Crippen molar-refractivity contribution in [3.05, 3.63) is 29.6 Å². The number of hydrogen-bond acceptors (Lipinski definition) is 2. The molecular formula is C14H16F4N2. The second-order valence-corrected chi connectivity index (χ2v) is 5.53. The fourth-order valence-corrected chi connectivity index (χ4v) is 3.18. The van der Waals surface area contributed by atoms with Crippen molar-refractivity contribution in [1.29, 1.82) is 0 Å². The second-order valence-electron chi connectivity index (χ2n) is 5.53. The quantitative estimate of drug-likeness (QED) is 0.799. The molecule has 6 heteroatoms. The molecule has 0 amide bonds. The summed E-state index contributed by atoms with van der Waals surface area (Å²) in [6.07, 6.45) is -2.30. The van der Waals surface area contributed by atoms with Gasteiger partial charge >= 0.3 is 6.18 Å². The Balaban J connectivity index is 1.81. The first-order valence-electron chi connectivity index (χ1n) is 6.80. The molecule has 1 aromatic rings. The van der Waals surface area contributed by atoms with Gasteiger partial charge in [-0.1, -0.05) is 0 Å². The summed E-state index contributed by atoms with van der Waals surface area (Å²) >= 11 is 0. The Morgan fingerprint density at radius 2 is 2.00 bits per heavy atom. The molecule has 2 aliphatic heterocycles. The van der Waals surface area contributed by atoms with Crippen molar-refractivity contribution in [2.24, 2.45) is 5.92 Å². The van der Waals surface area contributed by atoms with E-state index >= 15 is 0 Å². The van der Waals surface area contributed by atoms with Gasteiger partial charge in [0, 0.05) is 19.1 Å². The zero-order valence-electron chi connectivity index (χ0n) is 10.9. The number of fused-ring (bicyclic) bond motifs is 1. The highest BCUT2D eigenvalue weighted by Crippen LogP contribution is 2.34. The monoisotopic (exact) mass is 288 g/mol. The third kappa shape index (κ3) is 2.49. The second kappa shape index (κ2) is 4.91. The molecule has 0 unspecified atom stereocenters. The van der Waals surface area contributed by atoms with Crippen LogP contribution in [0.25, 0.3) is 0 Å². The summed E-state index contributed by atoms with van der Waals surface area (Å²) in [5.41, 5.74) is -0.664. The molecule has 0 radical (unpaired) electrons. The molecular weight excluding hydrogens is 272 g/mol. The first kappa shape index (κ1) is 13.7. The van der Waals surface area contributed by atoms with Gasteiger partial charge in [-0.25, -0.2) is 4.39 Å². The van der Waals surface area contributed by atoms with Crippen molar-refractivity contribution in [3.8, 4) is 0 Å². The molecule has 2 saturated heterocycles. The number of alkyl halides is 3. The lowest BCUT2D eigenvalue weighted by atomic mass is 9.94. The van der Waals surface area contributed by atoms with Crippen LogP contribution in [0.2, 0.25) is 0 Å². The van der Waals surface area contributed by atoms with E-state index in [0.717, 1.165) is 25.5 Å². The molecule has 110 valence electrons. The predicted octanol–water partition coefficient (Wildman–Crippen LogP) is 3.03. The lowest BCUT2D eigenvalue weighted by molar-refractivity contribution is -0.137. The summed E-state index contributed by atoms with van der Waals surface area (Å²) in [4.78, 5) is 1.85. The van der Waals surface area contributed by atoms with Gasteiger partial charge < -0.3 is 10.2 Å². The number of benzene rings is 1. The molecule has 0 spiro atoms. The molecule has 0 saturated carbocycles. The van der Waals surface area contributed by atoms with Crippen LogP contribution in [0.4, 0.5) is 23.2 Å². The lowest BCUT2D eigenvalue weighted by Gasteiger charge is -2.24. The summed E-state index contributed by atoms with van der Waals surface area (Å²) < 4.78 is 51.5. The zero-order valence-corrected chi connectivity index (χ0v) is 10.9. The van der Waals surface area contributed by atoms with Crippen LogP contribution in [0.15, 0.2) is 18.2 Å². The number of halogens is 4. The number of hydrogen-bond donors (Lipinski definition) is 1. The Bertz CT molecular complexity index is 486. The van der Waals surface area contributed by atoms with Crippen molar-refractivity contribution < 1.29 is 17.6 Å². The fraction of sp³-hybridized carbons (Fsp3) is 0.571. The van der Waals surface area contributed by atoms with Gasteiger partial charge in [0.05, 0.1) is 11.3 Å². The summed E-state index contributed by atoms with van der Waals surface area (Å²) in [7, 11) is 0. The Morgan fingerprint density at radius 1 is 1.20 bits per heavy atom. The van der Waals surface area contributed by atoms with Crippen LogP contribution in [0, 0.1) is 11.7 Å². The third-order valence-corrected chi connectivity index (χ3v) is 4.21. The van der Waals surface area contributed by atoms with Crippen LogP contribution in [0.3, 0.4) is 0 Å². The van der Waals surface area contributed by atoms with Gasteiger partial charge in [0.25, 0.3) is 0 Å². The molecule has 1 N–H and O–H groups in total. The Labute approximate surface area is 114 Å². The minimum Gasteiger partial charge on any atom is -0.367 e. The van der Waals surface area contributed by atoms with Crippen molar-refractivity contribution in [2.75, 3.05) is 24.5 Å². The van der Waals surface area contributed by atoms with E-state index in [2.05, 4.69) is 5.32 Å². The number of anilines is 1. The fourth-order valence-electron chi connectivity index (χ4n) is 3.18. The topological polar surface area (TPSA) is 15.3 Å². The van der Waals surface area contributed by atoms with E-state index in [-0.39, 0.29) is 5.69 Å². The number of rotatable bonds is 1. The standard InChI is InChI=1S/C14H16F4N2/c15-11-6-10(14(16,17)18)3-4-13(11)20-7-9-2-1-5-19-12(9)8-20/h3-4,6,9,12,19H,1-2,5,7-8H2/t9-,12+/m0/s1. The average Bonchev–Trinajstić information content (AvgIpc) is 2.80. The van der Waals surface area contributed by atoms with Crippen molar-refractivity contribution in [3.63, 3.8) is 0 Å². The first-order valence-corrected chi connectivity index (χ1v) is 6.80. The Morgan fingerprint density at radius 3 is 2.65 bits per heavy atom. The van der Waals surface area contributed by atoms with E-state index in [9.17, 15) is 17.6 Å². The minimum atomic E-state index is -4.50. The molecule has 1 aromatic carbocycles. The summed E-state index contributed by atoms with van der Waals surface area (Å²) in [5, 5.41) is 3.39. The van der Waals surface area contributed by atoms with E-state index < -0.39 is 17.6 Å². The van der Waals surface area contributed by atoms with E-state index in [1.807, 2.05) is 4.90 Å². The molecule has 20 heavy (non-hydrogen) atoms. The van der Waals surface area contributed by atoms with Gasteiger partial charge in [-0.3, -0.25) is 0 Å². The van der Waals surface area contributed by atoms with Gasteiger partial charge in [-0.05, 0) is 43.5 Å². The predicted molar refractivity (Wildman–Crippen MR) is 68.1 cm³/mol. The molecule has 2 heterocycles. The molecule has 2 fully saturated rings. The molecule has 0 aromatic heterocycles. The molecule has 0 aliphatic carbocycles. The summed E-state index contributed by atoms with van der Waals surface area (Å²) in [5.74, 6) is -0.330. The highest BCUT2D eigenvalue weighted by molar-refractivity contribution is 5.51. The Kier molecular flexibility index (Phi) is 3.36. The Hall–Kier alpha value is -1.30. The summed E-state index contributed by atoms with van der Waals surface area (Å²) in [6, 6.07) is 3.11. The molecule has 3 rings (SSSR count). The minimum absolute atomic E-state index is 0.272. The smallest absolute Gasteiger partial charge is 0.367 e. The van der Waals surface area contributed by atoms with Crippen LogP contribution in [0.1, 0.15) is 18.4 Å². The van der Waals surface area contributed by atoms with Gasteiger partial charge in [0.1, 0.15) is 5.82 Å². The van der Waals surface area contributed by atoms with Crippen LogP contribution in [-0.2, 0) is 6.18 Å². The van der Waals surface area contributed by atoms with Gasteiger partial charge in [-0.2, -0.15) is 13.2 Å². The van der Waals surface area contributed by atoms with Crippen molar-refractivity contribution in [2.45, 2.75) is 25.1 Å². The highest BCUT2D eigenvalue weighted by atomic mass is 19.4. The maximum absolute atomic E-state index is 13.9. The molecule has 0 bridgehead atoms. The average molecular weight is 288 g/mol. The number of piperidine rings is 1. The van der Waals surface area contributed by atoms with Gasteiger partial charge in [0.2, 0.25) is 0 Å². The van der Waals surface area contributed by atoms with Crippen molar-refractivity contribution >= 4 is 5.69 Å². The zero-order chi connectivity index (χ0) is 14.3. The van der Waals surface area contributed by atoms with Gasteiger partial charge in [-0.15, -0.1) is 0 Å². The third-order valence-electron chi connectivity index (χ3n) is 4.21. The van der Waals surface area contributed by atoms with Crippen LogP contribution < -0.4 is 10.2 Å². The summed E-state index contributed by atoms with van der Waals surface area (Å²) in [6.45, 7) is 2.33. The van der Waals surface area contributed by atoms with Crippen molar-refractivity contribution in [1.82, 2.24) is 5.32 Å². The maximum Gasteiger partial charge on any atom is 0.416 e. The van der Waals surface area contributed by atoms with E-state index in [4.69, 9.17) is 0 Å². The molecule has 2 atom stereocenters. The number of nitrogens with zero attached hydrogens (tertiary/aromatic N) is 1. The van der Waals surface area contributed by atoms with E-state index in [1.54, 1.807) is 0 Å². The number of nitrogens with one attached hydrogen (secondary N) is 1.